The molecule has 0 aliphatic carbocycles. The quantitative estimate of drug-likeness (QED) is 0.464. The van der Waals surface area contributed by atoms with Crippen LogP contribution in [0.4, 0.5) is 0 Å². The number of carboxylic acid groups (broad SMARTS) is 1. The van der Waals surface area contributed by atoms with Crippen LogP contribution in [0.3, 0.4) is 0 Å². The summed E-state index contributed by atoms with van der Waals surface area (Å²) in [7, 11) is 0. The van der Waals surface area contributed by atoms with E-state index in [0.29, 0.717) is 21.6 Å². The Morgan fingerprint density at radius 3 is 2.56 bits per heavy atom. The lowest BCUT2D eigenvalue weighted by atomic mass is 9.94. The Bertz CT molecular complexity index is 1010. The van der Waals surface area contributed by atoms with Crippen molar-refractivity contribution in [1.29, 1.82) is 0 Å². The van der Waals surface area contributed by atoms with E-state index in [1.54, 1.807) is 6.07 Å². The monoisotopic (exact) mass is 420 g/mol. The second kappa shape index (κ2) is 7.02. The predicted octanol–water partition coefficient (Wildman–Crippen LogP) is 5.20. The molecule has 1 N–H and O–H groups in total. The zero-order valence-electron chi connectivity index (χ0n) is 13.3. The van der Waals surface area contributed by atoms with Crippen LogP contribution in [-0.2, 0) is 11.2 Å². The Morgan fingerprint density at radius 2 is 1.96 bits per heavy atom. The van der Waals surface area contributed by atoms with Crippen LogP contribution in [0, 0.1) is 0 Å². The van der Waals surface area contributed by atoms with Gasteiger partial charge in [0.1, 0.15) is 5.58 Å². The molecule has 0 aliphatic heterocycles. The van der Waals surface area contributed by atoms with E-state index < -0.39 is 18.0 Å². The van der Waals surface area contributed by atoms with Crippen molar-refractivity contribution in [2.45, 2.75) is 18.2 Å². The Labute approximate surface area is 157 Å². The fraction of sp³-hybridized carbons (Fsp3) is 0.158. The van der Waals surface area contributed by atoms with Gasteiger partial charge in [0.05, 0.1) is 12.0 Å². The van der Waals surface area contributed by atoms with Gasteiger partial charge in [-0.25, -0.2) is 4.79 Å². The van der Waals surface area contributed by atoms with E-state index in [4.69, 9.17) is 16.0 Å². The summed E-state index contributed by atoms with van der Waals surface area (Å²) in [6.07, 6.45) is -0.412. The van der Waals surface area contributed by atoms with Crippen molar-refractivity contribution >= 4 is 44.5 Å². The van der Waals surface area contributed by atoms with Crippen molar-refractivity contribution in [2.24, 2.45) is 0 Å². The van der Waals surface area contributed by atoms with Crippen LogP contribution in [0.1, 0.15) is 22.9 Å². The van der Waals surface area contributed by atoms with E-state index in [1.165, 1.54) is 0 Å². The van der Waals surface area contributed by atoms with Gasteiger partial charge in [-0.2, -0.15) is 0 Å². The molecule has 0 spiro atoms. The zero-order chi connectivity index (χ0) is 18.1. The molecule has 128 valence electrons. The van der Waals surface area contributed by atoms with Crippen molar-refractivity contribution in [3.8, 4) is 11.1 Å². The highest BCUT2D eigenvalue weighted by Gasteiger charge is 2.20. The Hall–Kier alpha value is -2.11. The maximum absolute atomic E-state index is 12.4. The average Bonchev–Trinajstić information content (AvgIpc) is 2.55. The molecule has 0 bridgehead atoms. The standard InChI is InChI=1S/C19H14BrClO4/c1-10(20)12-7-13-16(9-15(12)21)25-19(24)14(8-17(22)23)18(13)11-5-3-2-4-6-11/h2-7,9-10H,8H2,1H3,(H,22,23). The molecular formula is C19H14BrClO4. The number of hydrogen-bond donors (Lipinski definition) is 1. The minimum atomic E-state index is -1.09. The SMILES string of the molecule is CC(Br)c1cc2c(-c3ccccc3)c(CC(=O)O)c(=O)oc2cc1Cl. The third kappa shape index (κ3) is 3.48. The van der Waals surface area contributed by atoms with Gasteiger partial charge in [0.15, 0.2) is 0 Å². The highest BCUT2D eigenvalue weighted by atomic mass is 79.9. The van der Waals surface area contributed by atoms with Gasteiger partial charge in [0.25, 0.3) is 0 Å². The Balaban J connectivity index is 2.46. The second-order valence-corrected chi connectivity index (χ2v) is 7.45. The van der Waals surface area contributed by atoms with E-state index in [-0.39, 0.29) is 10.4 Å². The summed E-state index contributed by atoms with van der Waals surface area (Å²) >= 11 is 9.79. The number of fused-ring (bicyclic) bond motifs is 1. The molecular weight excluding hydrogens is 408 g/mol. The lowest BCUT2D eigenvalue weighted by Gasteiger charge is -2.14. The molecule has 0 fully saturated rings. The number of halogens is 2. The molecule has 0 radical (unpaired) electrons. The van der Waals surface area contributed by atoms with Crippen LogP contribution >= 0.6 is 27.5 Å². The molecule has 0 saturated carbocycles. The van der Waals surface area contributed by atoms with Crippen LogP contribution in [0.2, 0.25) is 5.02 Å². The van der Waals surface area contributed by atoms with E-state index in [1.807, 2.05) is 43.3 Å². The Kier molecular flexibility index (Phi) is 4.97. The first-order valence-corrected chi connectivity index (χ1v) is 8.88. The smallest absolute Gasteiger partial charge is 0.340 e. The van der Waals surface area contributed by atoms with Crippen molar-refractivity contribution in [2.75, 3.05) is 0 Å². The first-order chi connectivity index (χ1) is 11.9. The van der Waals surface area contributed by atoms with Gasteiger partial charge < -0.3 is 9.52 Å². The third-order valence-electron chi connectivity index (χ3n) is 3.94. The van der Waals surface area contributed by atoms with E-state index in [2.05, 4.69) is 15.9 Å². The highest BCUT2D eigenvalue weighted by molar-refractivity contribution is 9.09. The molecule has 0 aliphatic rings. The van der Waals surface area contributed by atoms with Crippen LogP contribution in [0.5, 0.6) is 0 Å². The fourth-order valence-corrected chi connectivity index (χ4v) is 3.66. The van der Waals surface area contributed by atoms with Gasteiger partial charge in [0, 0.05) is 26.9 Å². The molecule has 2 aromatic carbocycles. The van der Waals surface area contributed by atoms with Crippen LogP contribution in [0.15, 0.2) is 51.7 Å². The van der Waals surface area contributed by atoms with E-state index >= 15 is 0 Å². The maximum Gasteiger partial charge on any atom is 0.340 e. The minimum Gasteiger partial charge on any atom is -0.481 e. The molecule has 1 heterocycles. The minimum absolute atomic E-state index is 0.0112. The molecule has 3 rings (SSSR count). The summed E-state index contributed by atoms with van der Waals surface area (Å²) in [6, 6.07) is 12.7. The van der Waals surface area contributed by atoms with Gasteiger partial charge in [-0.1, -0.05) is 57.9 Å². The normalized spacial score (nSPS) is 12.3. The number of hydrogen-bond acceptors (Lipinski definition) is 3. The summed E-state index contributed by atoms with van der Waals surface area (Å²) in [5, 5.41) is 10.3. The predicted molar refractivity (Wildman–Crippen MR) is 102 cm³/mol. The van der Waals surface area contributed by atoms with Gasteiger partial charge in [-0.15, -0.1) is 0 Å². The summed E-state index contributed by atoms with van der Waals surface area (Å²) in [4.78, 5) is 23.7. The zero-order valence-corrected chi connectivity index (χ0v) is 15.6. The maximum atomic E-state index is 12.4. The van der Waals surface area contributed by atoms with Crippen molar-refractivity contribution in [3.05, 3.63) is 69.0 Å². The topological polar surface area (TPSA) is 67.5 Å². The van der Waals surface area contributed by atoms with Gasteiger partial charge in [0.2, 0.25) is 0 Å². The molecule has 1 atom stereocenters. The lowest BCUT2D eigenvalue weighted by Crippen LogP contribution is -2.14. The van der Waals surface area contributed by atoms with Crippen LogP contribution < -0.4 is 5.63 Å². The summed E-state index contributed by atoms with van der Waals surface area (Å²) < 4.78 is 5.35. The molecule has 25 heavy (non-hydrogen) atoms. The van der Waals surface area contributed by atoms with Gasteiger partial charge in [-0.3, -0.25) is 4.79 Å². The summed E-state index contributed by atoms with van der Waals surface area (Å²) in [5.74, 6) is -1.09. The number of carboxylic acids is 1. The number of aliphatic carboxylic acids is 1. The number of carbonyl (C=O) groups is 1. The van der Waals surface area contributed by atoms with Crippen LogP contribution in [0.25, 0.3) is 22.1 Å². The second-order valence-electron chi connectivity index (χ2n) is 5.67. The van der Waals surface area contributed by atoms with Crippen molar-refractivity contribution in [1.82, 2.24) is 0 Å². The first-order valence-electron chi connectivity index (χ1n) is 7.59. The summed E-state index contributed by atoms with van der Waals surface area (Å²) in [5.41, 5.74) is 1.96. The molecule has 3 aromatic rings. The van der Waals surface area contributed by atoms with E-state index in [0.717, 1.165) is 11.1 Å². The lowest BCUT2D eigenvalue weighted by molar-refractivity contribution is -0.136. The molecule has 4 nitrogen and oxygen atoms in total. The van der Waals surface area contributed by atoms with Crippen LogP contribution in [-0.4, -0.2) is 11.1 Å². The van der Waals surface area contributed by atoms with E-state index in [9.17, 15) is 14.7 Å². The van der Waals surface area contributed by atoms with Gasteiger partial charge in [-0.05, 0) is 24.1 Å². The number of alkyl halides is 1. The van der Waals surface area contributed by atoms with Gasteiger partial charge >= 0.3 is 11.6 Å². The number of rotatable bonds is 4. The molecule has 6 heteroatoms. The molecule has 0 amide bonds. The highest BCUT2D eigenvalue weighted by Crippen LogP contribution is 2.37. The molecule has 1 aromatic heterocycles. The van der Waals surface area contributed by atoms with Crippen molar-refractivity contribution < 1.29 is 14.3 Å². The fourth-order valence-electron chi connectivity index (χ4n) is 2.83. The number of benzene rings is 2. The largest absolute Gasteiger partial charge is 0.481 e. The van der Waals surface area contributed by atoms with Crippen molar-refractivity contribution in [3.63, 3.8) is 0 Å². The average molecular weight is 422 g/mol. The molecule has 0 saturated heterocycles. The Morgan fingerprint density at radius 1 is 1.28 bits per heavy atom. The summed E-state index contributed by atoms with van der Waals surface area (Å²) in [6.45, 7) is 1.94. The third-order valence-corrected chi connectivity index (χ3v) is 4.76. The molecule has 1 unspecified atom stereocenters. The first kappa shape index (κ1) is 17.7.